The number of nitrogens with zero attached hydrogens (tertiary/aromatic N) is 1. The molecule has 0 unspecified atom stereocenters. The maximum atomic E-state index is 12.7. The Labute approximate surface area is 113 Å². The fraction of sp³-hybridized carbons (Fsp3) is 0.231. The highest BCUT2D eigenvalue weighted by molar-refractivity contribution is 5.93. The lowest BCUT2D eigenvalue weighted by Gasteiger charge is -2.07. The van der Waals surface area contributed by atoms with Crippen LogP contribution in [0.1, 0.15) is 27.2 Å². The van der Waals surface area contributed by atoms with Gasteiger partial charge in [-0.1, -0.05) is 12.1 Å². The fourth-order valence-corrected chi connectivity index (χ4v) is 1.83. The number of aromatic nitrogens is 2. The summed E-state index contributed by atoms with van der Waals surface area (Å²) in [5.74, 6) is -0.240. The van der Waals surface area contributed by atoms with Gasteiger partial charge in [0, 0.05) is 24.6 Å². The minimum absolute atomic E-state index is 0.0743. The van der Waals surface area contributed by atoms with Gasteiger partial charge in [0.2, 0.25) is 0 Å². The molecule has 2 N–H and O–H groups in total. The molecule has 20 heavy (non-hydrogen) atoms. The number of hydrogen-bond acceptors (Lipinski definition) is 2. The van der Waals surface area contributed by atoms with Crippen molar-refractivity contribution in [2.24, 2.45) is 0 Å². The Hall–Kier alpha value is -2.31. The van der Waals surface area contributed by atoms with Crippen LogP contribution in [0.5, 0.6) is 0 Å². The number of hydrogen-bond donors (Lipinski definition) is 2. The Morgan fingerprint density at radius 1 is 1.30 bits per heavy atom. The van der Waals surface area contributed by atoms with Crippen LogP contribution in [0, 0.1) is 0 Å². The van der Waals surface area contributed by atoms with Gasteiger partial charge in [-0.15, -0.1) is 0 Å². The zero-order valence-corrected chi connectivity index (χ0v) is 10.6. The summed E-state index contributed by atoms with van der Waals surface area (Å²) >= 11 is 0. The minimum atomic E-state index is -4.45. The smallest absolute Gasteiger partial charge is 0.355 e. The van der Waals surface area contributed by atoms with Gasteiger partial charge >= 0.3 is 6.18 Å². The average molecular weight is 283 g/mol. The average Bonchev–Trinajstić information content (AvgIpc) is 2.87. The first-order valence-corrected chi connectivity index (χ1v) is 5.82. The molecule has 1 heterocycles. The summed E-state index contributed by atoms with van der Waals surface area (Å²) in [7, 11) is 1.51. The van der Waals surface area contributed by atoms with Gasteiger partial charge in [-0.25, -0.2) is 0 Å². The van der Waals surface area contributed by atoms with E-state index in [1.54, 1.807) is 24.3 Å². The van der Waals surface area contributed by atoms with Crippen LogP contribution in [0.15, 0.2) is 30.5 Å². The largest absolute Gasteiger partial charge is 0.433 e. The molecule has 0 saturated heterocycles. The summed E-state index contributed by atoms with van der Waals surface area (Å²) in [5, 5.41) is 7.87. The van der Waals surface area contributed by atoms with Gasteiger partial charge in [-0.2, -0.15) is 18.3 Å². The summed E-state index contributed by atoms with van der Waals surface area (Å²) in [5.41, 5.74) is 0.363. The van der Waals surface area contributed by atoms with Crippen LogP contribution in [-0.4, -0.2) is 23.2 Å². The monoisotopic (exact) mass is 283 g/mol. The first-order valence-electron chi connectivity index (χ1n) is 5.82. The summed E-state index contributed by atoms with van der Waals surface area (Å²) in [4.78, 5) is 11.4. The molecule has 0 aliphatic heterocycles. The third-order valence-corrected chi connectivity index (χ3v) is 2.84. The van der Waals surface area contributed by atoms with Gasteiger partial charge in [0.05, 0.1) is 6.20 Å². The first kappa shape index (κ1) is 14.1. The molecular weight excluding hydrogens is 271 g/mol. The van der Waals surface area contributed by atoms with Crippen molar-refractivity contribution in [3.8, 4) is 0 Å². The number of carbonyl (C=O) groups is 1. The number of H-pyrrole nitrogens is 1. The number of benzene rings is 1. The van der Waals surface area contributed by atoms with Crippen LogP contribution in [-0.2, 0) is 12.6 Å². The molecule has 0 fully saturated rings. The van der Waals surface area contributed by atoms with Crippen molar-refractivity contribution in [1.82, 2.24) is 15.5 Å². The maximum Gasteiger partial charge on any atom is 0.433 e. The van der Waals surface area contributed by atoms with Crippen molar-refractivity contribution < 1.29 is 18.0 Å². The van der Waals surface area contributed by atoms with Crippen molar-refractivity contribution in [3.05, 3.63) is 52.8 Å². The number of carbonyl (C=O) groups excluding carboxylic acids is 1. The standard InChI is InChI=1S/C13H12F3N3O/c1-17-12(20)9-4-2-8(3-5-9)6-10-7-18-19-11(10)13(14,15)16/h2-5,7H,6H2,1H3,(H,17,20)(H,18,19). The predicted molar refractivity (Wildman–Crippen MR) is 66.2 cm³/mol. The second-order valence-electron chi connectivity index (χ2n) is 4.22. The zero-order valence-electron chi connectivity index (χ0n) is 10.6. The van der Waals surface area contributed by atoms with Crippen molar-refractivity contribution in [1.29, 1.82) is 0 Å². The number of amides is 1. The lowest BCUT2D eigenvalue weighted by atomic mass is 10.0. The summed E-state index contributed by atoms with van der Waals surface area (Å²) < 4.78 is 38.0. The zero-order chi connectivity index (χ0) is 14.8. The Bertz CT molecular complexity index is 602. The second kappa shape index (κ2) is 5.36. The SMILES string of the molecule is CNC(=O)c1ccc(Cc2cn[nH]c2C(F)(F)F)cc1. The van der Waals surface area contributed by atoms with Gasteiger partial charge in [0.15, 0.2) is 0 Å². The molecule has 0 spiro atoms. The molecule has 7 heteroatoms. The Morgan fingerprint density at radius 3 is 2.50 bits per heavy atom. The van der Waals surface area contributed by atoms with Gasteiger partial charge in [0.1, 0.15) is 5.69 Å². The topological polar surface area (TPSA) is 57.8 Å². The van der Waals surface area contributed by atoms with Crippen molar-refractivity contribution >= 4 is 5.91 Å². The molecule has 1 aromatic heterocycles. The second-order valence-corrected chi connectivity index (χ2v) is 4.22. The molecule has 1 amide bonds. The minimum Gasteiger partial charge on any atom is -0.355 e. The van der Waals surface area contributed by atoms with Crippen LogP contribution in [0.4, 0.5) is 13.2 Å². The van der Waals surface area contributed by atoms with E-state index in [2.05, 4.69) is 10.4 Å². The molecule has 0 atom stereocenters. The number of halogens is 3. The highest BCUT2D eigenvalue weighted by atomic mass is 19.4. The van der Waals surface area contributed by atoms with E-state index in [1.165, 1.54) is 7.05 Å². The summed E-state index contributed by atoms with van der Waals surface area (Å²) in [6.45, 7) is 0. The molecule has 4 nitrogen and oxygen atoms in total. The molecule has 0 saturated carbocycles. The van der Waals surface area contributed by atoms with Gasteiger partial charge < -0.3 is 5.32 Å². The molecular formula is C13H12F3N3O. The molecule has 0 bridgehead atoms. The Morgan fingerprint density at radius 2 is 1.95 bits per heavy atom. The lowest BCUT2D eigenvalue weighted by Crippen LogP contribution is -2.17. The normalized spacial score (nSPS) is 11.4. The van der Waals surface area contributed by atoms with Crippen LogP contribution >= 0.6 is 0 Å². The van der Waals surface area contributed by atoms with E-state index in [0.717, 1.165) is 6.20 Å². The van der Waals surface area contributed by atoms with Crippen LogP contribution in [0.3, 0.4) is 0 Å². The van der Waals surface area contributed by atoms with Crippen LogP contribution < -0.4 is 5.32 Å². The molecule has 106 valence electrons. The number of nitrogens with one attached hydrogen (secondary N) is 2. The number of rotatable bonds is 3. The van der Waals surface area contributed by atoms with Crippen molar-refractivity contribution in [2.75, 3.05) is 7.05 Å². The number of alkyl halides is 3. The fourth-order valence-electron chi connectivity index (χ4n) is 1.83. The van der Waals surface area contributed by atoms with Gasteiger partial charge in [-0.3, -0.25) is 9.89 Å². The van der Waals surface area contributed by atoms with E-state index in [0.29, 0.717) is 11.1 Å². The first-order chi connectivity index (χ1) is 9.41. The van der Waals surface area contributed by atoms with E-state index in [4.69, 9.17) is 0 Å². The summed E-state index contributed by atoms with van der Waals surface area (Å²) in [6.07, 6.45) is -3.19. The lowest BCUT2D eigenvalue weighted by molar-refractivity contribution is -0.141. The maximum absolute atomic E-state index is 12.7. The predicted octanol–water partition coefficient (Wildman–Crippen LogP) is 2.38. The quantitative estimate of drug-likeness (QED) is 0.908. The van der Waals surface area contributed by atoms with Gasteiger partial charge in [0.25, 0.3) is 5.91 Å². The third-order valence-electron chi connectivity index (χ3n) is 2.84. The molecule has 2 rings (SSSR count). The van der Waals surface area contributed by atoms with E-state index < -0.39 is 11.9 Å². The molecule has 0 radical (unpaired) electrons. The van der Waals surface area contributed by atoms with E-state index >= 15 is 0 Å². The van der Waals surface area contributed by atoms with Gasteiger partial charge in [-0.05, 0) is 17.7 Å². The molecule has 1 aromatic carbocycles. The van der Waals surface area contributed by atoms with E-state index in [-0.39, 0.29) is 17.9 Å². The number of aromatic amines is 1. The summed E-state index contributed by atoms with van der Waals surface area (Å²) in [6, 6.07) is 6.39. The van der Waals surface area contributed by atoms with Crippen molar-refractivity contribution in [2.45, 2.75) is 12.6 Å². The van der Waals surface area contributed by atoms with E-state index in [9.17, 15) is 18.0 Å². The van der Waals surface area contributed by atoms with Crippen molar-refractivity contribution in [3.63, 3.8) is 0 Å². The Balaban J connectivity index is 2.19. The molecule has 2 aromatic rings. The van der Waals surface area contributed by atoms with E-state index in [1.807, 2.05) is 5.10 Å². The highest BCUT2D eigenvalue weighted by Crippen LogP contribution is 2.31. The molecule has 0 aliphatic carbocycles. The highest BCUT2D eigenvalue weighted by Gasteiger charge is 2.35. The van der Waals surface area contributed by atoms with Crippen LogP contribution in [0.25, 0.3) is 0 Å². The molecule has 0 aliphatic rings. The van der Waals surface area contributed by atoms with Crippen LogP contribution in [0.2, 0.25) is 0 Å². The Kier molecular flexibility index (Phi) is 3.78. The third kappa shape index (κ3) is 2.98.